The van der Waals surface area contributed by atoms with Crippen molar-refractivity contribution in [3.63, 3.8) is 0 Å². The van der Waals surface area contributed by atoms with Crippen molar-refractivity contribution in [1.29, 1.82) is 0 Å². The highest BCUT2D eigenvalue weighted by molar-refractivity contribution is 5.82. The average Bonchev–Trinajstić information content (AvgIpc) is 2.42. The van der Waals surface area contributed by atoms with E-state index in [0.717, 1.165) is 0 Å². The molecule has 0 radical (unpaired) electrons. The van der Waals surface area contributed by atoms with Gasteiger partial charge in [0, 0.05) is 19.6 Å². The largest absolute Gasteiger partial charge is 0.490 e. The summed E-state index contributed by atoms with van der Waals surface area (Å²) in [5.74, 6) is 1.69. The Bertz CT molecular complexity index is 450. The summed E-state index contributed by atoms with van der Waals surface area (Å²) in [6, 6.07) is 0.112. The maximum absolute atomic E-state index is 11.9. The van der Waals surface area contributed by atoms with Gasteiger partial charge in [0.05, 0.1) is 13.7 Å². The van der Waals surface area contributed by atoms with Gasteiger partial charge in [-0.25, -0.2) is 9.97 Å². The molecule has 7 heteroatoms. The number of hydrogen-bond acceptors (Lipinski definition) is 6. The van der Waals surface area contributed by atoms with Crippen molar-refractivity contribution >= 4 is 17.5 Å². The zero-order chi connectivity index (χ0) is 15.1. The highest BCUT2D eigenvalue weighted by atomic mass is 16.5. The first-order valence-electron chi connectivity index (χ1n) is 6.64. The smallest absolute Gasteiger partial charge is 0.239 e. The first kappa shape index (κ1) is 16.0. The maximum Gasteiger partial charge on any atom is 0.239 e. The topological polar surface area (TPSA) is 79.4 Å². The van der Waals surface area contributed by atoms with E-state index in [1.165, 1.54) is 6.33 Å². The lowest BCUT2D eigenvalue weighted by molar-refractivity contribution is -0.120. The summed E-state index contributed by atoms with van der Waals surface area (Å²) in [4.78, 5) is 22.1. The third kappa shape index (κ3) is 3.97. The summed E-state index contributed by atoms with van der Waals surface area (Å²) in [5, 5.41) is 5.81. The van der Waals surface area contributed by atoms with Crippen LogP contribution in [0.25, 0.3) is 0 Å². The molecule has 0 aliphatic heterocycles. The lowest BCUT2D eigenvalue weighted by Crippen LogP contribution is -2.40. The number of amides is 1. The van der Waals surface area contributed by atoms with Gasteiger partial charge >= 0.3 is 0 Å². The number of rotatable bonds is 7. The van der Waals surface area contributed by atoms with Crippen LogP contribution in [0.4, 0.5) is 11.6 Å². The molecule has 1 amide bonds. The molecule has 0 aliphatic rings. The van der Waals surface area contributed by atoms with E-state index < -0.39 is 0 Å². The van der Waals surface area contributed by atoms with Crippen LogP contribution in [0.2, 0.25) is 0 Å². The number of anilines is 2. The van der Waals surface area contributed by atoms with Gasteiger partial charge in [-0.2, -0.15) is 0 Å². The van der Waals surface area contributed by atoms with Crippen LogP contribution < -0.4 is 20.3 Å². The molecule has 0 spiro atoms. The van der Waals surface area contributed by atoms with E-state index in [0.29, 0.717) is 23.9 Å². The first-order valence-corrected chi connectivity index (χ1v) is 6.64. The quantitative estimate of drug-likeness (QED) is 0.772. The number of likely N-dealkylation sites (N-methyl/N-ethyl adjacent to an activating group) is 1. The number of methoxy groups -OCH3 is 1. The second-order valence-electron chi connectivity index (χ2n) is 4.57. The van der Waals surface area contributed by atoms with Crippen molar-refractivity contribution < 1.29 is 9.53 Å². The molecule has 0 aromatic carbocycles. The molecule has 1 aromatic heterocycles. The molecule has 2 N–H and O–H groups in total. The Morgan fingerprint density at radius 1 is 1.45 bits per heavy atom. The molecule has 0 aliphatic carbocycles. The van der Waals surface area contributed by atoms with Gasteiger partial charge in [0.25, 0.3) is 0 Å². The second-order valence-corrected chi connectivity index (χ2v) is 4.57. The molecule has 0 bridgehead atoms. The number of aromatic nitrogens is 2. The second kappa shape index (κ2) is 7.52. The van der Waals surface area contributed by atoms with Crippen molar-refractivity contribution in [3.05, 3.63) is 6.33 Å². The maximum atomic E-state index is 11.9. The minimum Gasteiger partial charge on any atom is -0.490 e. The van der Waals surface area contributed by atoms with E-state index in [1.807, 2.05) is 25.7 Å². The summed E-state index contributed by atoms with van der Waals surface area (Å²) < 4.78 is 5.35. The molecule has 0 saturated heterocycles. The molecular weight excluding hydrogens is 258 g/mol. The van der Waals surface area contributed by atoms with E-state index in [-0.39, 0.29) is 18.5 Å². The molecule has 0 fully saturated rings. The van der Waals surface area contributed by atoms with Crippen molar-refractivity contribution in [2.75, 3.05) is 37.5 Å². The lowest BCUT2D eigenvalue weighted by Gasteiger charge is -2.24. The third-order valence-corrected chi connectivity index (χ3v) is 2.69. The molecule has 112 valence electrons. The van der Waals surface area contributed by atoms with E-state index in [4.69, 9.17) is 4.74 Å². The van der Waals surface area contributed by atoms with Crippen LogP contribution in [0.5, 0.6) is 5.75 Å². The van der Waals surface area contributed by atoms with Gasteiger partial charge in [0.2, 0.25) is 11.7 Å². The molecule has 1 rings (SSSR count). The summed E-state index contributed by atoms with van der Waals surface area (Å²) in [6.07, 6.45) is 1.45. The fourth-order valence-electron chi connectivity index (χ4n) is 1.83. The summed E-state index contributed by atoms with van der Waals surface area (Å²) in [6.45, 7) is 6.69. The van der Waals surface area contributed by atoms with Gasteiger partial charge in [-0.1, -0.05) is 0 Å². The van der Waals surface area contributed by atoms with E-state index in [9.17, 15) is 4.79 Å². The van der Waals surface area contributed by atoms with Crippen LogP contribution >= 0.6 is 0 Å². The molecule has 0 unspecified atom stereocenters. The molecule has 0 saturated carbocycles. The SMILES string of the molecule is CCN(CC(=O)NC(C)C)c1ncnc(NC)c1OC. The summed E-state index contributed by atoms with van der Waals surface area (Å²) in [7, 11) is 3.32. The Morgan fingerprint density at radius 2 is 2.15 bits per heavy atom. The highest BCUT2D eigenvalue weighted by Crippen LogP contribution is 2.31. The van der Waals surface area contributed by atoms with Crippen molar-refractivity contribution in [3.8, 4) is 5.75 Å². The van der Waals surface area contributed by atoms with Crippen LogP contribution in [0.15, 0.2) is 6.33 Å². The monoisotopic (exact) mass is 281 g/mol. The van der Waals surface area contributed by atoms with E-state index in [2.05, 4.69) is 20.6 Å². The van der Waals surface area contributed by atoms with Crippen molar-refractivity contribution in [2.24, 2.45) is 0 Å². The third-order valence-electron chi connectivity index (χ3n) is 2.69. The normalized spacial score (nSPS) is 10.3. The number of nitrogens with one attached hydrogen (secondary N) is 2. The minimum absolute atomic E-state index is 0.0477. The fourth-order valence-corrected chi connectivity index (χ4v) is 1.83. The molecule has 1 heterocycles. The first-order chi connectivity index (χ1) is 9.53. The van der Waals surface area contributed by atoms with Crippen LogP contribution in [-0.4, -0.2) is 49.2 Å². The molecule has 7 nitrogen and oxygen atoms in total. The van der Waals surface area contributed by atoms with Gasteiger partial charge in [-0.15, -0.1) is 0 Å². The van der Waals surface area contributed by atoms with Crippen LogP contribution in [-0.2, 0) is 4.79 Å². The van der Waals surface area contributed by atoms with Crippen molar-refractivity contribution in [2.45, 2.75) is 26.8 Å². The average molecular weight is 281 g/mol. The summed E-state index contributed by atoms with van der Waals surface area (Å²) >= 11 is 0. The predicted molar refractivity (Wildman–Crippen MR) is 79.3 cm³/mol. The minimum atomic E-state index is -0.0477. The predicted octanol–water partition coefficient (Wildman–Crippen LogP) is 0.878. The molecule has 20 heavy (non-hydrogen) atoms. The van der Waals surface area contributed by atoms with Crippen LogP contribution in [0, 0.1) is 0 Å². The Balaban J connectivity index is 2.97. The lowest BCUT2D eigenvalue weighted by atomic mass is 10.3. The Hall–Kier alpha value is -2.05. The fraction of sp³-hybridized carbons (Fsp3) is 0.615. The number of carbonyl (C=O) groups excluding carboxylic acids is 1. The van der Waals surface area contributed by atoms with Gasteiger partial charge < -0.3 is 20.3 Å². The van der Waals surface area contributed by atoms with Gasteiger partial charge in [0.15, 0.2) is 11.6 Å². The van der Waals surface area contributed by atoms with E-state index >= 15 is 0 Å². The standard InChI is InChI=1S/C13H23N5O2/c1-6-18(7-10(19)17-9(2)3)13-11(20-5)12(14-4)15-8-16-13/h8-9H,6-7H2,1-5H3,(H,17,19)(H,14,15,16). The number of ether oxygens (including phenoxy) is 1. The van der Waals surface area contributed by atoms with Crippen LogP contribution in [0.3, 0.4) is 0 Å². The Morgan fingerprint density at radius 3 is 2.65 bits per heavy atom. The molecular formula is C13H23N5O2. The highest BCUT2D eigenvalue weighted by Gasteiger charge is 2.19. The van der Waals surface area contributed by atoms with Crippen molar-refractivity contribution in [1.82, 2.24) is 15.3 Å². The Kier molecular flexibility index (Phi) is 6.02. The number of hydrogen-bond donors (Lipinski definition) is 2. The van der Waals surface area contributed by atoms with Gasteiger partial charge in [-0.3, -0.25) is 4.79 Å². The van der Waals surface area contributed by atoms with Gasteiger partial charge in [-0.05, 0) is 20.8 Å². The molecule has 0 atom stereocenters. The van der Waals surface area contributed by atoms with Crippen LogP contribution in [0.1, 0.15) is 20.8 Å². The zero-order valence-electron chi connectivity index (χ0n) is 12.7. The number of nitrogens with zero attached hydrogens (tertiary/aromatic N) is 3. The summed E-state index contributed by atoms with van der Waals surface area (Å²) in [5.41, 5.74) is 0. The molecule has 1 aromatic rings. The zero-order valence-corrected chi connectivity index (χ0v) is 12.7. The van der Waals surface area contributed by atoms with Gasteiger partial charge in [0.1, 0.15) is 6.33 Å². The Labute approximate surface area is 119 Å². The van der Waals surface area contributed by atoms with E-state index in [1.54, 1.807) is 14.2 Å². The number of carbonyl (C=O) groups is 1.